The van der Waals surface area contributed by atoms with Gasteiger partial charge in [-0.05, 0) is 19.3 Å². The van der Waals surface area contributed by atoms with Gasteiger partial charge >= 0.3 is 0 Å². The van der Waals surface area contributed by atoms with Gasteiger partial charge in [-0.25, -0.2) is 30.7 Å². The molecule has 0 aromatic heterocycles. The summed E-state index contributed by atoms with van der Waals surface area (Å²) < 4.78 is 79.3. The standard InChI is InChI=1S/C12H14F4N2O2S.ClH/c13-8-5-9(14)11(16)12(10(8)15)21(19,20)18-7-3-1-2-6(17)4-7;/h5-7,18H,1-4,17H2;1H. The second kappa shape index (κ2) is 7.12. The molecule has 1 fully saturated rings. The molecule has 0 spiro atoms. The van der Waals surface area contributed by atoms with Crippen LogP contribution in [0.5, 0.6) is 0 Å². The van der Waals surface area contributed by atoms with Crippen LogP contribution in [0.15, 0.2) is 11.0 Å². The van der Waals surface area contributed by atoms with Crippen LogP contribution in [-0.2, 0) is 10.0 Å². The molecular formula is C12H15ClF4N2O2S. The third-order valence-corrected chi connectivity index (χ3v) is 4.92. The van der Waals surface area contributed by atoms with Gasteiger partial charge in [-0.3, -0.25) is 0 Å². The van der Waals surface area contributed by atoms with Gasteiger partial charge in [0.2, 0.25) is 10.0 Å². The van der Waals surface area contributed by atoms with E-state index >= 15 is 0 Å². The molecule has 2 rings (SSSR count). The molecule has 10 heteroatoms. The minimum absolute atomic E-state index is 0. The minimum Gasteiger partial charge on any atom is -0.328 e. The Hall–Kier alpha value is -0.900. The molecule has 3 N–H and O–H groups in total. The molecule has 0 radical (unpaired) electrons. The molecule has 0 amide bonds. The van der Waals surface area contributed by atoms with E-state index in [1.54, 1.807) is 0 Å². The Labute approximate surface area is 131 Å². The zero-order valence-corrected chi connectivity index (χ0v) is 12.9. The van der Waals surface area contributed by atoms with E-state index in [4.69, 9.17) is 5.73 Å². The number of nitrogens with two attached hydrogens (primary N) is 1. The van der Waals surface area contributed by atoms with Gasteiger partial charge < -0.3 is 5.73 Å². The smallest absolute Gasteiger partial charge is 0.246 e. The van der Waals surface area contributed by atoms with Crippen molar-refractivity contribution in [3.63, 3.8) is 0 Å². The third-order valence-electron chi connectivity index (χ3n) is 3.38. The van der Waals surface area contributed by atoms with E-state index < -0.39 is 44.2 Å². The first-order valence-electron chi connectivity index (χ1n) is 6.33. The maximum Gasteiger partial charge on any atom is 0.246 e. The van der Waals surface area contributed by atoms with Crippen LogP contribution in [0.2, 0.25) is 0 Å². The summed E-state index contributed by atoms with van der Waals surface area (Å²) in [5.74, 6) is -7.42. The normalized spacial score (nSPS) is 22.2. The summed E-state index contributed by atoms with van der Waals surface area (Å²) in [7, 11) is -4.73. The minimum atomic E-state index is -4.73. The van der Waals surface area contributed by atoms with Crippen LogP contribution in [0, 0.1) is 23.3 Å². The number of rotatable bonds is 3. The van der Waals surface area contributed by atoms with Gasteiger partial charge in [-0.15, -0.1) is 12.4 Å². The van der Waals surface area contributed by atoms with E-state index in [-0.39, 0.29) is 24.5 Å². The van der Waals surface area contributed by atoms with Crippen molar-refractivity contribution in [2.75, 3.05) is 0 Å². The molecule has 22 heavy (non-hydrogen) atoms. The average Bonchev–Trinajstić information content (AvgIpc) is 2.35. The summed E-state index contributed by atoms with van der Waals surface area (Å²) in [4.78, 5) is -1.64. The maximum atomic E-state index is 13.5. The van der Waals surface area contributed by atoms with Crippen LogP contribution >= 0.6 is 12.4 Å². The highest BCUT2D eigenvalue weighted by molar-refractivity contribution is 7.89. The van der Waals surface area contributed by atoms with Gasteiger partial charge in [-0.1, -0.05) is 6.42 Å². The summed E-state index contributed by atoms with van der Waals surface area (Å²) >= 11 is 0. The number of sulfonamides is 1. The zero-order chi connectivity index (χ0) is 15.8. The van der Waals surface area contributed by atoms with Gasteiger partial charge in [-0.2, -0.15) is 0 Å². The largest absolute Gasteiger partial charge is 0.328 e. The number of nitrogens with one attached hydrogen (secondary N) is 1. The average molecular weight is 363 g/mol. The van der Waals surface area contributed by atoms with Gasteiger partial charge in [0.1, 0.15) is 0 Å². The van der Waals surface area contributed by atoms with Gasteiger partial charge in [0.15, 0.2) is 28.2 Å². The summed E-state index contributed by atoms with van der Waals surface area (Å²) in [6, 6.07) is -0.894. The summed E-state index contributed by atoms with van der Waals surface area (Å²) in [5.41, 5.74) is 5.69. The number of halogens is 5. The van der Waals surface area contributed by atoms with Crippen LogP contribution in [-0.4, -0.2) is 20.5 Å². The van der Waals surface area contributed by atoms with E-state index in [0.717, 1.165) is 6.42 Å². The lowest BCUT2D eigenvalue weighted by Gasteiger charge is -2.27. The third kappa shape index (κ3) is 3.89. The van der Waals surface area contributed by atoms with Gasteiger partial charge in [0.05, 0.1) is 0 Å². The van der Waals surface area contributed by atoms with Crippen molar-refractivity contribution >= 4 is 22.4 Å². The first kappa shape index (κ1) is 19.1. The Morgan fingerprint density at radius 2 is 1.64 bits per heavy atom. The van der Waals surface area contributed by atoms with Crippen molar-refractivity contribution in [3.05, 3.63) is 29.3 Å². The first-order chi connectivity index (χ1) is 9.72. The Morgan fingerprint density at radius 1 is 1.09 bits per heavy atom. The van der Waals surface area contributed by atoms with Crippen molar-refractivity contribution in [2.24, 2.45) is 5.73 Å². The molecule has 4 nitrogen and oxygen atoms in total. The van der Waals surface area contributed by atoms with Gasteiger partial charge in [0, 0.05) is 18.2 Å². The lowest BCUT2D eigenvalue weighted by Crippen LogP contribution is -2.42. The predicted octanol–water partition coefficient (Wildman–Crippen LogP) is 2.21. The summed E-state index contributed by atoms with van der Waals surface area (Å²) in [5, 5.41) is 0. The summed E-state index contributed by atoms with van der Waals surface area (Å²) in [6.07, 6.45) is 2.10. The van der Waals surface area contributed by atoms with Crippen molar-refractivity contribution in [1.82, 2.24) is 4.72 Å². The molecule has 2 atom stereocenters. The molecule has 126 valence electrons. The molecule has 0 saturated heterocycles. The highest BCUT2D eigenvalue weighted by Gasteiger charge is 2.32. The fourth-order valence-corrected chi connectivity index (χ4v) is 3.84. The van der Waals surface area contributed by atoms with Crippen LogP contribution in [0.4, 0.5) is 17.6 Å². The molecule has 1 aliphatic rings. The van der Waals surface area contributed by atoms with Crippen LogP contribution in [0.25, 0.3) is 0 Å². The second-order valence-corrected chi connectivity index (χ2v) is 6.69. The number of hydrogen-bond donors (Lipinski definition) is 2. The fourth-order valence-electron chi connectivity index (χ4n) is 2.40. The number of benzene rings is 1. The lowest BCUT2D eigenvalue weighted by atomic mass is 9.92. The Kier molecular flexibility index (Phi) is 6.19. The van der Waals surface area contributed by atoms with Crippen molar-refractivity contribution in [3.8, 4) is 0 Å². The Morgan fingerprint density at radius 3 is 2.14 bits per heavy atom. The first-order valence-corrected chi connectivity index (χ1v) is 7.81. The van der Waals surface area contributed by atoms with E-state index in [0.29, 0.717) is 19.3 Å². The van der Waals surface area contributed by atoms with E-state index in [2.05, 4.69) is 4.72 Å². The van der Waals surface area contributed by atoms with Crippen LogP contribution in [0.1, 0.15) is 25.7 Å². The fraction of sp³-hybridized carbons (Fsp3) is 0.500. The predicted molar refractivity (Wildman–Crippen MR) is 74.1 cm³/mol. The van der Waals surface area contributed by atoms with E-state index in [1.165, 1.54) is 0 Å². The number of hydrogen-bond acceptors (Lipinski definition) is 3. The molecule has 2 unspecified atom stereocenters. The van der Waals surface area contributed by atoms with Crippen molar-refractivity contribution < 1.29 is 26.0 Å². The molecule has 1 aromatic rings. The second-order valence-electron chi connectivity index (χ2n) is 5.04. The van der Waals surface area contributed by atoms with Crippen molar-refractivity contribution in [2.45, 2.75) is 42.7 Å². The molecule has 1 aliphatic carbocycles. The van der Waals surface area contributed by atoms with Crippen LogP contribution < -0.4 is 10.5 Å². The van der Waals surface area contributed by atoms with Gasteiger partial charge in [0.25, 0.3) is 0 Å². The highest BCUT2D eigenvalue weighted by Crippen LogP contribution is 2.25. The highest BCUT2D eigenvalue weighted by atomic mass is 35.5. The molecular weight excluding hydrogens is 348 g/mol. The monoisotopic (exact) mass is 362 g/mol. The lowest BCUT2D eigenvalue weighted by molar-refractivity contribution is 0.367. The Bertz CT molecular complexity index is 631. The van der Waals surface area contributed by atoms with Crippen LogP contribution in [0.3, 0.4) is 0 Å². The van der Waals surface area contributed by atoms with E-state index in [1.807, 2.05) is 0 Å². The zero-order valence-electron chi connectivity index (χ0n) is 11.3. The molecule has 0 bridgehead atoms. The maximum absolute atomic E-state index is 13.5. The molecule has 0 heterocycles. The molecule has 1 saturated carbocycles. The Balaban J connectivity index is 0.00000242. The summed E-state index contributed by atoms with van der Waals surface area (Å²) in [6.45, 7) is 0. The van der Waals surface area contributed by atoms with E-state index in [9.17, 15) is 26.0 Å². The topological polar surface area (TPSA) is 72.2 Å². The SMILES string of the molecule is Cl.NC1CCCC(NS(=O)(=O)c2c(F)c(F)cc(F)c2F)C1. The quantitative estimate of drug-likeness (QED) is 0.639. The molecule has 1 aromatic carbocycles. The molecule has 0 aliphatic heterocycles. The van der Waals surface area contributed by atoms with Crippen molar-refractivity contribution in [1.29, 1.82) is 0 Å².